The van der Waals surface area contributed by atoms with E-state index in [2.05, 4.69) is 11.9 Å². The fourth-order valence-electron chi connectivity index (χ4n) is 1.31. The lowest BCUT2D eigenvalue weighted by Gasteiger charge is -2.20. The van der Waals surface area contributed by atoms with E-state index in [0.29, 0.717) is 6.61 Å². The van der Waals surface area contributed by atoms with Crippen molar-refractivity contribution in [1.82, 2.24) is 5.32 Å². The Morgan fingerprint density at radius 2 is 2.58 bits per heavy atom. The SMILES string of the molecule is C=CCOC(=O)[C@@H]1CCCNC1. The summed E-state index contributed by atoms with van der Waals surface area (Å²) in [7, 11) is 0. The molecule has 0 aromatic carbocycles. The molecule has 1 heterocycles. The number of carbonyl (C=O) groups is 1. The molecule has 1 atom stereocenters. The van der Waals surface area contributed by atoms with Crippen LogP contribution in [-0.2, 0) is 9.53 Å². The summed E-state index contributed by atoms with van der Waals surface area (Å²) in [6.45, 7) is 5.59. The van der Waals surface area contributed by atoms with Crippen LogP contribution < -0.4 is 5.32 Å². The Hall–Kier alpha value is -0.830. The molecule has 3 heteroatoms. The first kappa shape index (κ1) is 9.26. The minimum atomic E-state index is -0.0953. The van der Waals surface area contributed by atoms with Gasteiger partial charge < -0.3 is 10.1 Å². The Morgan fingerprint density at radius 1 is 1.75 bits per heavy atom. The minimum absolute atomic E-state index is 0.0544. The van der Waals surface area contributed by atoms with Crippen LogP contribution in [0.25, 0.3) is 0 Å². The quantitative estimate of drug-likeness (QED) is 0.499. The first-order chi connectivity index (χ1) is 5.84. The summed E-state index contributed by atoms with van der Waals surface area (Å²) in [6, 6.07) is 0. The zero-order valence-corrected chi connectivity index (χ0v) is 7.21. The largest absolute Gasteiger partial charge is 0.461 e. The third kappa shape index (κ3) is 2.66. The lowest BCUT2D eigenvalue weighted by atomic mass is 10.0. The predicted octanol–water partition coefficient (Wildman–Crippen LogP) is 0.715. The molecular weight excluding hydrogens is 154 g/mol. The van der Waals surface area contributed by atoms with E-state index in [0.717, 1.165) is 25.9 Å². The summed E-state index contributed by atoms with van der Waals surface area (Å²) in [5.74, 6) is -0.0409. The summed E-state index contributed by atoms with van der Waals surface area (Å²) in [5.41, 5.74) is 0. The zero-order chi connectivity index (χ0) is 8.81. The number of nitrogens with one attached hydrogen (secondary N) is 1. The maximum absolute atomic E-state index is 11.2. The van der Waals surface area contributed by atoms with Crippen LogP contribution >= 0.6 is 0 Å². The topological polar surface area (TPSA) is 38.3 Å². The second-order valence-electron chi connectivity index (χ2n) is 2.96. The van der Waals surface area contributed by atoms with Crippen LogP contribution in [0.3, 0.4) is 0 Å². The Bertz CT molecular complexity index is 162. The van der Waals surface area contributed by atoms with Crippen LogP contribution in [0.15, 0.2) is 12.7 Å². The number of carbonyl (C=O) groups excluding carboxylic acids is 1. The molecule has 0 saturated carbocycles. The molecule has 3 nitrogen and oxygen atoms in total. The molecule has 0 bridgehead atoms. The van der Waals surface area contributed by atoms with E-state index in [9.17, 15) is 4.79 Å². The van der Waals surface area contributed by atoms with Gasteiger partial charge >= 0.3 is 5.97 Å². The standard InChI is InChI=1S/C9H15NO2/c1-2-6-12-9(11)8-4-3-5-10-7-8/h2,8,10H,1,3-7H2/t8-/m1/s1. The van der Waals surface area contributed by atoms with E-state index in [4.69, 9.17) is 4.74 Å². The fraction of sp³-hybridized carbons (Fsp3) is 0.667. The van der Waals surface area contributed by atoms with Crippen molar-refractivity contribution in [3.8, 4) is 0 Å². The molecule has 0 unspecified atom stereocenters. The highest BCUT2D eigenvalue weighted by atomic mass is 16.5. The van der Waals surface area contributed by atoms with Crippen LogP contribution in [0.4, 0.5) is 0 Å². The van der Waals surface area contributed by atoms with Gasteiger partial charge in [0.2, 0.25) is 0 Å². The van der Waals surface area contributed by atoms with Crippen molar-refractivity contribution >= 4 is 5.97 Å². The summed E-state index contributed by atoms with van der Waals surface area (Å²) in [5, 5.41) is 3.17. The van der Waals surface area contributed by atoms with Gasteiger partial charge in [0.25, 0.3) is 0 Å². The molecule has 0 aromatic rings. The van der Waals surface area contributed by atoms with E-state index in [1.54, 1.807) is 6.08 Å². The lowest BCUT2D eigenvalue weighted by Crippen LogP contribution is -2.35. The first-order valence-corrected chi connectivity index (χ1v) is 4.33. The average molecular weight is 169 g/mol. The van der Waals surface area contributed by atoms with Crippen LogP contribution in [0.2, 0.25) is 0 Å². The van der Waals surface area contributed by atoms with Gasteiger partial charge in [0.15, 0.2) is 0 Å². The van der Waals surface area contributed by atoms with Gasteiger partial charge in [0.1, 0.15) is 6.61 Å². The molecular formula is C9H15NO2. The second kappa shape index (κ2) is 4.93. The molecule has 12 heavy (non-hydrogen) atoms. The summed E-state index contributed by atoms with van der Waals surface area (Å²) < 4.78 is 4.93. The van der Waals surface area contributed by atoms with Crippen molar-refractivity contribution in [2.24, 2.45) is 5.92 Å². The Balaban J connectivity index is 2.24. The third-order valence-electron chi connectivity index (χ3n) is 1.97. The van der Waals surface area contributed by atoms with Gasteiger partial charge in [0, 0.05) is 6.54 Å². The Labute approximate surface area is 72.8 Å². The molecule has 1 N–H and O–H groups in total. The molecule has 0 amide bonds. The molecule has 68 valence electrons. The van der Waals surface area contributed by atoms with Crippen LogP contribution in [0.1, 0.15) is 12.8 Å². The average Bonchev–Trinajstić information content (AvgIpc) is 2.15. The van der Waals surface area contributed by atoms with E-state index >= 15 is 0 Å². The first-order valence-electron chi connectivity index (χ1n) is 4.33. The van der Waals surface area contributed by atoms with Gasteiger partial charge in [-0.15, -0.1) is 0 Å². The normalized spacial score (nSPS) is 23.2. The second-order valence-corrected chi connectivity index (χ2v) is 2.96. The van der Waals surface area contributed by atoms with Crippen molar-refractivity contribution < 1.29 is 9.53 Å². The fourth-order valence-corrected chi connectivity index (χ4v) is 1.31. The van der Waals surface area contributed by atoms with E-state index < -0.39 is 0 Å². The monoisotopic (exact) mass is 169 g/mol. The highest BCUT2D eigenvalue weighted by Gasteiger charge is 2.21. The summed E-state index contributed by atoms with van der Waals surface area (Å²) in [6.07, 6.45) is 3.60. The third-order valence-corrected chi connectivity index (χ3v) is 1.97. The number of piperidine rings is 1. The van der Waals surface area contributed by atoms with Crippen molar-refractivity contribution in [2.45, 2.75) is 12.8 Å². The maximum atomic E-state index is 11.2. The van der Waals surface area contributed by atoms with E-state index in [-0.39, 0.29) is 11.9 Å². The highest BCUT2D eigenvalue weighted by Crippen LogP contribution is 2.11. The zero-order valence-electron chi connectivity index (χ0n) is 7.21. The molecule has 1 fully saturated rings. The molecule has 1 saturated heterocycles. The van der Waals surface area contributed by atoms with Gasteiger partial charge in [-0.25, -0.2) is 0 Å². The minimum Gasteiger partial charge on any atom is -0.461 e. The van der Waals surface area contributed by atoms with Crippen molar-refractivity contribution in [2.75, 3.05) is 19.7 Å². The predicted molar refractivity (Wildman–Crippen MR) is 46.7 cm³/mol. The summed E-state index contributed by atoms with van der Waals surface area (Å²) in [4.78, 5) is 11.2. The maximum Gasteiger partial charge on any atom is 0.310 e. The van der Waals surface area contributed by atoms with Crippen LogP contribution in [0.5, 0.6) is 0 Å². The number of hydrogen-bond donors (Lipinski definition) is 1. The highest BCUT2D eigenvalue weighted by molar-refractivity contribution is 5.72. The molecule has 0 aliphatic carbocycles. The molecule has 0 radical (unpaired) electrons. The molecule has 1 rings (SSSR count). The lowest BCUT2D eigenvalue weighted by molar-refractivity contribution is -0.147. The molecule has 0 spiro atoms. The van der Waals surface area contributed by atoms with Crippen molar-refractivity contribution in [3.63, 3.8) is 0 Å². The number of hydrogen-bond acceptors (Lipinski definition) is 3. The molecule has 0 aromatic heterocycles. The number of esters is 1. The van der Waals surface area contributed by atoms with Crippen molar-refractivity contribution in [1.29, 1.82) is 0 Å². The van der Waals surface area contributed by atoms with Gasteiger partial charge in [-0.2, -0.15) is 0 Å². The molecule has 1 aliphatic heterocycles. The van der Waals surface area contributed by atoms with Gasteiger partial charge in [0.05, 0.1) is 5.92 Å². The Kier molecular flexibility index (Phi) is 3.80. The Morgan fingerprint density at radius 3 is 3.17 bits per heavy atom. The van der Waals surface area contributed by atoms with Crippen LogP contribution in [0, 0.1) is 5.92 Å². The van der Waals surface area contributed by atoms with Gasteiger partial charge in [-0.3, -0.25) is 4.79 Å². The smallest absolute Gasteiger partial charge is 0.310 e. The van der Waals surface area contributed by atoms with Gasteiger partial charge in [-0.1, -0.05) is 12.7 Å². The molecule has 1 aliphatic rings. The number of ether oxygens (including phenoxy) is 1. The summed E-state index contributed by atoms with van der Waals surface area (Å²) >= 11 is 0. The van der Waals surface area contributed by atoms with E-state index in [1.807, 2.05) is 0 Å². The number of rotatable bonds is 3. The van der Waals surface area contributed by atoms with Crippen molar-refractivity contribution in [3.05, 3.63) is 12.7 Å². The van der Waals surface area contributed by atoms with Crippen LogP contribution in [-0.4, -0.2) is 25.7 Å². The van der Waals surface area contributed by atoms with E-state index in [1.165, 1.54) is 0 Å². The van der Waals surface area contributed by atoms with Gasteiger partial charge in [-0.05, 0) is 19.4 Å².